The predicted molar refractivity (Wildman–Crippen MR) is 80.2 cm³/mol. The molecule has 0 saturated carbocycles. The van der Waals surface area contributed by atoms with Gasteiger partial charge in [0.05, 0.1) is 11.7 Å². The number of hydrogen-bond donors (Lipinski definition) is 1. The third-order valence-corrected chi connectivity index (χ3v) is 4.37. The van der Waals surface area contributed by atoms with Crippen LogP contribution < -0.4 is 5.32 Å². The van der Waals surface area contributed by atoms with Gasteiger partial charge in [0.15, 0.2) is 0 Å². The first-order valence-corrected chi connectivity index (χ1v) is 7.30. The largest absolute Gasteiger partial charge is 0.377 e. The SMILES string of the molecule is Fc1ccc(Br)c(NC2CCc3cc(Cl)ccc32)c1. The molecule has 1 unspecified atom stereocenters. The lowest BCUT2D eigenvalue weighted by atomic mass is 10.1. The smallest absolute Gasteiger partial charge is 0.125 e. The highest BCUT2D eigenvalue weighted by Gasteiger charge is 2.23. The van der Waals surface area contributed by atoms with E-state index in [0.717, 1.165) is 28.0 Å². The Labute approximate surface area is 124 Å². The van der Waals surface area contributed by atoms with Gasteiger partial charge in [0.2, 0.25) is 0 Å². The first kappa shape index (κ1) is 12.9. The minimum atomic E-state index is -0.236. The molecule has 0 aromatic heterocycles. The maximum absolute atomic E-state index is 13.3. The van der Waals surface area contributed by atoms with Gasteiger partial charge < -0.3 is 5.32 Å². The van der Waals surface area contributed by atoms with Gasteiger partial charge >= 0.3 is 0 Å². The second-order valence-corrected chi connectivity index (χ2v) is 5.99. The Kier molecular flexibility index (Phi) is 3.50. The van der Waals surface area contributed by atoms with Gasteiger partial charge in [-0.1, -0.05) is 17.7 Å². The molecule has 0 radical (unpaired) electrons. The molecular formula is C15H12BrClFN. The van der Waals surface area contributed by atoms with Crippen molar-refractivity contribution in [2.45, 2.75) is 18.9 Å². The minimum Gasteiger partial charge on any atom is -0.377 e. The quantitative estimate of drug-likeness (QED) is 0.778. The molecule has 0 fully saturated rings. The zero-order valence-corrected chi connectivity index (χ0v) is 12.4. The Balaban J connectivity index is 1.88. The summed E-state index contributed by atoms with van der Waals surface area (Å²) >= 11 is 9.44. The first-order chi connectivity index (χ1) is 9.13. The molecule has 2 aromatic rings. The van der Waals surface area contributed by atoms with Crippen molar-refractivity contribution in [3.8, 4) is 0 Å². The van der Waals surface area contributed by atoms with Gasteiger partial charge in [-0.3, -0.25) is 0 Å². The number of hydrogen-bond acceptors (Lipinski definition) is 1. The molecule has 0 aliphatic heterocycles. The van der Waals surface area contributed by atoms with Gasteiger partial charge in [-0.05, 0) is 70.2 Å². The normalized spacial score (nSPS) is 17.3. The molecule has 0 bridgehead atoms. The zero-order valence-electron chi connectivity index (χ0n) is 10.1. The van der Waals surface area contributed by atoms with E-state index in [1.54, 1.807) is 6.07 Å². The van der Waals surface area contributed by atoms with Gasteiger partial charge in [0.1, 0.15) is 5.82 Å². The number of halogens is 3. The molecule has 0 heterocycles. The van der Waals surface area contributed by atoms with Crippen LogP contribution in [0.15, 0.2) is 40.9 Å². The summed E-state index contributed by atoms with van der Waals surface area (Å²) in [5, 5.41) is 4.17. The number of fused-ring (bicyclic) bond motifs is 1. The third kappa shape index (κ3) is 2.63. The van der Waals surface area contributed by atoms with Gasteiger partial charge in [0.25, 0.3) is 0 Å². The van der Waals surface area contributed by atoms with E-state index in [1.807, 2.05) is 12.1 Å². The average molecular weight is 341 g/mol. The standard InChI is InChI=1S/C15H12BrClFN/c16-13-5-3-11(18)8-15(13)19-14-6-1-9-7-10(17)2-4-12(9)14/h2-5,7-8,14,19H,1,6H2. The predicted octanol–water partition coefficient (Wildman–Crippen LogP) is 5.34. The van der Waals surface area contributed by atoms with Crippen LogP contribution in [-0.2, 0) is 6.42 Å². The van der Waals surface area contributed by atoms with E-state index < -0.39 is 0 Å². The summed E-state index contributed by atoms with van der Waals surface area (Å²) in [5.41, 5.74) is 3.31. The zero-order chi connectivity index (χ0) is 13.4. The summed E-state index contributed by atoms with van der Waals surface area (Å²) in [6.45, 7) is 0. The summed E-state index contributed by atoms with van der Waals surface area (Å²) < 4.78 is 14.2. The summed E-state index contributed by atoms with van der Waals surface area (Å²) in [6, 6.07) is 10.9. The van der Waals surface area contributed by atoms with Gasteiger partial charge in [-0.25, -0.2) is 4.39 Å². The lowest BCUT2D eigenvalue weighted by Gasteiger charge is -2.17. The molecule has 1 N–H and O–H groups in total. The second-order valence-electron chi connectivity index (χ2n) is 4.70. The fraction of sp³-hybridized carbons (Fsp3) is 0.200. The van der Waals surface area contributed by atoms with Crippen LogP contribution in [0.3, 0.4) is 0 Å². The Bertz CT molecular complexity index is 630. The lowest BCUT2D eigenvalue weighted by molar-refractivity contribution is 0.627. The van der Waals surface area contributed by atoms with E-state index in [-0.39, 0.29) is 11.9 Å². The van der Waals surface area contributed by atoms with E-state index in [0.29, 0.717) is 0 Å². The summed E-state index contributed by atoms with van der Waals surface area (Å²) in [5.74, 6) is -0.236. The third-order valence-electron chi connectivity index (χ3n) is 3.44. The molecule has 1 atom stereocenters. The molecule has 0 amide bonds. The van der Waals surface area contributed by atoms with E-state index in [9.17, 15) is 4.39 Å². The highest BCUT2D eigenvalue weighted by Crippen LogP contribution is 2.36. The van der Waals surface area contributed by atoms with Crippen molar-refractivity contribution >= 4 is 33.2 Å². The van der Waals surface area contributed by atoms with Crippen LogP contribution in [0.1, 0.15) is 23.6 Å². The molecule has 1 aliphatic carbocycles. The molecule has 3 rings (SSSR count). The van der Waals surface area contributed by atoms with Crippen LogP contribution in [0.25, 0.3) is 0 Å². The van der Waals surface area contributed by atoms with Gasteiger partial charge in [0, 0.05) is 9.50 Å². The Hall–Kier alpha value is -1.06. The molecule has 0 saturated heterocycles. The van der Waals surface area contributed by atoms with Crippen molar-refractivity contribution in [1.82, 2.24) is 0 Å². The van der Waals surface area contributed by atoms with E-state index in [2.05, 4.69) is 27.3 Å². The molecule has 0 spiro atoms. The van der Waals surface area contributed by atoms with Crippen molar-refractivity contribution in [2.75, 3.05) is 5.32 Å². The maximum atomic E-state index is 13.3. The first-order valence-electron chi connectivity index (χ1n) is 6.13. The highest BCUT2D eigenvalue weighted by atomic mass is 79.9. The number of rotatable bonds is 2. The van der Waals surface area contributed by atoms with Crippen LogP contribution in [-0.4, -0.2) is 0 Å². The molecule has 19 heavy (non-hydrogen) atoms. The Morgan fingerprint density at radius 1 is 1.21 bits per heavy atom. The van der Waals surface area contributed by atoms with Crippen molar-refractivity contribution in [1.29, 1.82) is 0 Å². The van der Waals surface area contributed by atoms with Crippen LogP contribution in [0, 0.1) is 5.82 Å². The maximum Gasteiger partial charge on any atom is 0.125 e. The molecule has 2 aromatic carbocycles. The Morgan fingerprint density at radius 3 is 2.89 bits per heavy atom. The van der Waals surface area contributed by atoms with E-state index in [4.69, 9.17) is 11.6 Å². The van der Waals surface area contributed by atoms with Crippen LogP contribution in [0.2, 0.25) is 5.02 Å². The Morgan fingerprint density at radius 2 is 2.05 bits per heavy atom. The number of nitrogens with one attached hydrogen (secondary N) is 1. The molecule has 1 nitrogen and oxygen atoms in total. The average Bonchev–Trinajstić information content (AvgIpc) is 2.76. The number of aryl methyl sites for hydroxylation is 1. The van der Waals surface area contributed by atoms with Gasteiger partial charge in [-0.15, -0.1) is 0 Å². The monoisotopic (exact) mass is 339 g/mol. The van der Waals surface area contributed by atoms with Crippen molar-refractivity contribution < 1.29 is 4.39 Å². The van der Waals surface area contributed by atoms with Crippen LogP contribution in [0.4, 0.5) is 10.1 Å². The fourth-order valence-corrected chi connectivity index (χ4v) is 3.09. The summed E-state index contributed by atoms with van der Waals surface area (Å²) in [7, 11) is 0. The summed E-state index contributed by atoms with van der Waals surface area (Å²) in [4.78, 5) is 0. The molecule has 98 valence electrons. The summed E-state index contributed by atoms with van der Waals surface area (Å²) in [6.07, 6.45) is 2.00. The number of anilines is 1. The van der Waals surface area contributed by atoms with E-state index in [1.165, 1.54) is 23.3 Å². The molecular weight excluding hydrogens is 329 g/mol. The van der Waals surface area contributed by atoms with Gasteiger partial charge in [-0.2, -0.15) is 0 Å². The van der Waals surface area contributed by atoms with Crippen LogP contribution >= 0.6 is 27.5 Å². The molecule has 1 aliphatic rings. The van der Waals surface area contributed by atoms with Crippen molar-refractivity contribution in [2.24, 2.45) is 0 Å². The van der Waals surface area contributed by atoms with Crippen LogP contribution in [0.5, 0.6) is 0 Å². The topological polar surface area (TPSA) is 12.0 Å². The molecule has 4 heteroatoms. The number of benzene rings is 2. The fourth-order valence-electron chi connectivity index (χ4n) is 2.53. The van der Waals surface area contributed by atoms with Crippen molar-refractivity contribution in [3.05, 3.63) is 62.8 Å². The highest BCUT2D eigenvalue weighted by molar-refractivity contribution is 9.10. The minimum absolute atomic E-state index is 0.213. The van der Waals surface area contributed by atoms with E-state index >= 15 is 0 Å². The van der Waals surface area contributed by atoms with Crippen molar-refractivity contribution in [3.63, 3.8) is 0 Å². The second kappa shape index (κ2) is 5.14. The lowest BCUT2D eigenvalue weighted by Crippen LogP contribution is -2.07.